The molecule has 0 fully saturated rings. The van der Waals surface area contributed by atoms with Gasteiger partial charge in [-0.05, 0) is 60.7 Å². The summed E-state index contributed by atoms with van der Waals surface area (Å²) in [5, 5.41) is 2.41. The topological polar surface area (TPSA) is 75.3 Å². The van der Waals surface area contributed by atoms with Crippen LogP contribution in [0.5, 0.6) is 0 Å². The molecule has 3 aromatic carbocycles. The first-order chi connectivity index (χ1) is 13.2. The van der Waals surface area contributed by atoms with E-state index in [9.17, 15) is 26.4 Å². The average Bonchev–Trinajstić information content (AvgIpc) is 2.65. The predicted octanol–water partition coefficient (Wildman–Crippen LogP) is 4.16. The van der Waals surface area contributed by atoms with Crippen molar-refractivity contribution in [2.75, 3.05) is 10.0 Å². The first-order valence-corrected chi connectivity index (χ1v) is 9.38. The molecule has 0 spiro atoms. The van der Waals surface area contributed by atoms with Crippen molar-refractivity contribution in [3.8, 4) is 0 Å². The number of carbonyl (C=O) groups excluding carboxylic acids is 1. The van der Waals surface area contributed by atoms with Crippen LogP contribution in [0.1, 0.15) is 10.4 Å². The predicted molar refractivity (Wildman–Crippen MR) is 98.0 cm³/mol. The summed E-state index contributed by atoms with van der Waals surface area (Å²) in [6.45, 7) is 0. The molecule has 144 valence electrons. The molecule has 0 aliphatic heterocycles. The zero-order valence-electron chi connectivity index (χ0n) is 14.1. The number of rotatable bonds is 5. The number of hydrogen-bond donors (Lipinski definition) is 2. The maximum Gasteiger partial charge on any atom is 0.261 e. The molecular formula is C19H13F3N2O3S. The van der Waals surface area contributed by atoms with Gasteiger partial charge in [-0.3, -0.25) is 9.52 Å². The van der Waals surface area contributed by atoms with E-state index < -0.39 is 33.4 Å². The van der Waals surface area contributed by atoms with Crippen molar-refractivity contribution >= 4 is 27.3 Å². The third-order valence-electron chi connectivity index (χ3n) is 3.70. The number of sulfonamides is 1. The van der Waals surface area contributed by atoms with Gasteiger partial charge in [0.05, 0.1) is 4.90 Å². The van der Waals surface area contributed by atoms with Crippen molar-refractivity contribution in [3.05, 3.63) is 89.7 Å². The fraction of sp³-hybridized carbons (Fsp3) is 0. The number of carbonyl (C=O) groups is 1. The number of anilines is 2. The van der Waals surface area contributed by atoms with Crippen LogP contribution >= 0.6 is 0 Å². The minimum atomic E-state index is -3.91. The fourth-order valence-electron chi connectivity index (χ4n) is 2.29. The van der Waals surface area contributed by atoms with Crippen molar-refractivity contribution in [1.82, 2.24) is 0 Å². The Morgan fingerprint density at radius 1 is 0.750 bits per heavy atom. The van der Waals surface area contributed by atoms with Crippen LogP contribution in [0.2, 0.25) is 0 Å². The molecule has 0 saturated heterocycles. The van der Waals surface area contributed by atoms with Gasteiger partial charge in [0.2, 0.25) is 0 Å². The summed E-state index contributed by atoms with van der Waals surface area (Å²) in [5.74, 6) is -3.27. The Labute approximate surface area is 158 Å². The van der Waals surface area contributed by atoms with Gasteiger partial charge in [-0.2, -0.15) is 0 Å². The third-order valence-corrected chi connectivity index (χ3v) is 5.10. The Morgan fingerprint density at radius 2 is 1.36 bits per heavy atom. The molecule has 2 N–H and O–H groups in total. The monoisotopic (exact) mass is 406 g/mol. The van der Waals surface area contributed by atoms with Gasteiger partial charge in [-0.15, -0.1) is 0 Å². The molecule has 9 heteroatoms. The standard InChI is InChI=1S/C19H13F3N2O3S/c20-13-3-8-16(9-4-13)28(26,27)24-14-5-1-12(2-6-14)19(25)23-15-7-10-17(21)18(22)11-15/h1-11,24H,(H,23,25). The van der Waals surface area contributed by atoms with E-state index >= 15 is 0 Å². The zero-order valence-corrected chi connectivity index (χ0v) is 14.9. The van der Waals surface area contributed by atoms with Crippen molar-refractivity contribution < 1.29 is 26.4 Å². The minimum Gasteiger partial charge on any atom is -0.322 e. The van der Waals surface area contributed by atoms with Crippen molar-refractivity contribution in [3.63, 3.8) is 0 Å². The normalized spacial score (nSPS) is 11.1. The van der Waals surface area contributed by atoms with Gasteiger partial charge in [-0.25, -0.2) is 21.6 Å². The number of halogens is 3. The molecule has 0 saturated carbocycles. The zero-order chi connectivity index (χ0) is 20.3. The van der Waals surface area contributed by atoms with Crippen LogP contribution in [0, 0.1) is 17.5 Å². The van der Waals surface area contributed by atoms with Crippen LogP contribution in [-0.4, -0.2) is 14.3 Å². The molecule has 0 heterocycles. The molecular weight excluding hydrogens is 393 g/mol. The summed E-state index contributed by atoms with van der Waals surface area (Å²) in [4.78, 5) is 12.0. The molecule has 5 nitrogen and oxygen atoms in total. The molecule has 0 bridgehead atoms. The highest BCUT2D eigenvalue weighted by atomic mass is 32.2. The van der Waals surface area contributed by atoms with Gasteiger partial charge in [0.15, 0.2) is 11.6 Å². The van der Waals surface area contributed by atoms with E-state index in [4.69, 9.17) is 0 Å². The lowest BCUT2D eigenvalue weighted by molar-refractivity contribution is 0.102. The van der Waals surface area contributed by atoms with Gasteiger partial charge in [-0.1, -0.05) is 0 Å². The summed E-state index contributed by atoms with van der Waals surface area (Å²) >= 11 is 0. The van der Waals surface area contributed by atoms with Gasteiger partial charge in [0.1, 0.15) is 5.82 Å². The van der Waals surface area contributed by atoms with Crippen LogP contribution in [0.4, 0.5) is 24.5 Å². The highest BCUT2D eigenvalue weighted by Gasteiger charge is 2.15. The lowest BCUT2D eigenvalue weighted by Gasteiger charge is -2.09. The third kappa shape index (κ3) is 4.49. The molecule has 0 aliphatic rings. The SMILES string of the molecule is O=C(Nc1ccc(F)c(F)c1)c1ccc(NS(=O)(=O)c2ccc(F)cc2)cc1. The number of benzene rings is 3. The molecule has 0 aromatic heterocycles. The molecule has 3 rings (SSSR count). The van der Waals surface area contributed by atoms with Crippen molar-refractivity contribution in [2.24, 2.45) is 0 Å². The maximum atomic E-state index is 13.2. The van der Waals surface area contributed by atoms with Gasteiger partial charge in [0.25, 0.3) is 15.9 Å². The Morgan fingerprint density at radius 3 is 1.96 bits per heavy atom. The Kier molecular flexibility index (Phi) is 5.36. The number of hydrogen-bond acceptors (Lipinski definition) is 3. The van der Waals surface area contributed by atoms with Crippen LogP contribution in [0.25, 0.3) is 0 Å². The van der Waals surface area contributed by atoms with E-state index in [0.717, 1.165) is 36.4 Å². The molecule has 28 heavy (non-hydrogen) atoms. The first-order valence-electron chi connectivity index (χ1n) is 7.89. The quantitative estimate of drug-likeness (QED) is 0.668. The Bertz CT molecular complexity index is 1120. The van der Waals surface area contributed by atoms with Crippen LogP contribution in [0.3, 0.4) is 0 Å². The summed E-state index contributed by atoms with van der Waals surface area (Å²) in [6.07, 6.45) is 0. The molecule has 0 radical (unpaired) electrons. The number of amides is 1. The molecule has 0 atom stereocenters. The highest BCUT2D eigenvalue weighted by molar-refractivity contribution is 7.92. The smallest absolute Gasteiger partial charge is 0.261 e. The van der Waals surface area contributed by atoms with Crippen LogP contribution in [0.15, 0.2) is 71.6 Å². The van der Waals surface area contributed by atoms with E-state index in [1.54, 1.807) is 0 Å². The Hall–Kier alpha value is -3.33. The second-order valence-electron chi connectivity index (χ2n) is 5.72. The van der Waals surface area contributed by atoms with Gasteiger partial charge in [0, 0.05) is 23.0 Å². The van der Waals surface area contributed by atoms with Gasteiger partial charge >= 0.3 is 0 Å². The summed E-state index contributed by atoms with van der Waals surface area (Å²) < 4.78 is 65.9. The molecule has 3 aromatic rings. The van der Waals surface area contributed by atoms with Crippen molar-refractivity contribution in [2.45, 2.75) is 4.90 Å². The maximum absolute atomic E-state index is 13.2. The largest absolute Gasteiger partial charge is 0.322 e. The second kappa shape index (κ2) is 7.73. The Balaban J connectivity index is 1.71. The molecule has 1 amide bonds. The average molecular weight is 406 g/mol. The molecule has 0 unspecified atom stereocenters. The van der Waals surface area contributed by atoms with E-state index in [1.165, 1.54) is 30.3 Å². The van der Waals surface area contributed by atoms with E-state index in [0.29, 0.717) is 0 Å². The first kappa shape index (κ1) is 19.4. The van der Waals surface area contributed by atoms with Crippen LogP contribution < -0.4 is 10.0 Å². The molecule has 0 aliphatic carbocycles. The second-order valence-corrected chi connectivity index (χ2v) is 7.40. The van der Waals surface area contributed by atoms with Gasteiger partial charge < -0.3 is 5.32 Å². The minimum absolute atomic E-state index is 0.0741. The summed E-state index contributed by atoms with van der Waals surface area (Å²) in [5.41, 5.74) is 0.438. The lowest BCUT2D eigenvalue weighted by atomic mass is 10.2. The van der Waals surface area contributed by atoms with E-state index in [-0.39, 0.29) is 21.8 Å². The summed E-state index contributed by atoms with van der Waals surface area (Å²) in [6, 6.07) is 12.7. The van der Waals surface area contributed by atoms with Crippen LogP contribution in [-0.2, 0) is 10.0 Å². The van der Waals surface area contributed by atoms with Crippen molar-refractivity contribution in [1.29, 1.82) is 0 Å². The highest BCUT2D eigenvalue weighted by Crippen LogP contribution is 2.18. The summed E-state index contributed by atoms with van der Waals surface area (Å²) in [7, 11) is -3.91. The lowest BCUT2D eigenvalue weighted by Crippen LogP contribution is -2.14. The fourth-order valence-corrected chi connectivity index (χ4v) is 3.35. The number of nitrogens with one attached hydrogen (secondary N) is 2. The van der Waals surface area contributed by atoms with E-state index in [1.807, 2.05) is 0 Å². The van der Waals surface area contributed by atoms with E-state index in [2.05, 4.69) is 10.0 Å².